The van der Waals surface area contributed by atoms with Crippen LogP contribution in [0.5, 0.6) is 5.88 Å². The summed E-state index contributed by atoms with van der Waals surface area (Å²) in [7, 11) is 0. The smallest absolute Gasteiger partial charge is 0.238 e. The number of aromatic nitrogens is 2. The van der Waals surface area contributed by atoms with Gasteiger partial charge in [-0.05, 0) is 19.1 Å². The summed E-state index contributed by atoms with van der Waals surface area (Å²) in [4.78, 5) is 0. The van der Waals surface area contributed by atoms with Crippen molar-refractivity contribution in [2.45, 2.75) is 13.0 Å². The normalized spacial score (nSPS) is 12.4. The first-order valence-corrected chi connectivity index (χ1v) is 5.95. The molecule has 1 aromatic carbocycles. The molecule has 1 atom stereocenters. The SMILES string of the molecule is Cc1c(OC[C@@H](O)CO)nn(-c2ccccc2)c1N. The summed E-state index contributed by atoms with van der Waals surface area (Å²) in [5, 5.41) is 22.3. The maximum atomic E-state index is 9.26. The van der Waals surface area contributed by atoms with Gasteiger partial charge in [0.1, 0.15) is 18.5 Å². The number of ether oxygens (including phenoxy) is 1. The average Bonchev–Trinajstić information content (AvgIpc) is 2.73. The van der Waals surface area contributed by atoms with Crippen molar-refractivity contribution in [2.75, 3.05) is 18.9 Å². The molecule has 1 heterocycles. The van der Waals surface area contributed by atoms with E-state index in [-0.39, 0.29) is 13.2 Å². The quantitative estimate of drug-likeness (QED) is 0.730. The van der Waals surface area contributed by atoms with Gasteiger partial charge in [-0.15, -0.1) is 5.10 Å². The molecular formula is C13H17N3O3. The maximum absolute atomic E-state index is 9.26. The highest BCUT2D eigenvalue weighted by Crippen LogP contribution is 2.25. The molecule has 0 saturated carbocycles. The molecule has 0 unspecified atom stereocenters. The van der Waals surface area contributed by atoms with Crippen molar-refractivity contribution in [1.29, 1.82) is 0 Å². The number of hydrogen-bond donors (Lipinski definition) is 3. The van der Waals surface area contributed by atoms with Gasteiger partial charge in [-0.25, -0.2) is 4.68 Å². The molecule has 0 amide bonds. The monoisotopic (exact) mass is 263 g/mol. The number of rotatable bonds is 5. The third kappa shape index (κ3) is 2.86. The Labute approximate surface area is 111 Å². The molecule has 0 fully saturated rings. The van der Waals surface area contributed by atoms with Crippen molar-refractivity contribution >= 4 is 5.82 Å². The van der Waals surface area contributed by atoms with Crippen molar-refractivity contribution in [1.82, 2.24) is 9.78 Å². The van der Waals surface area contributed by atoms with E-state index in [9.17, 15) is 5.11 Å². The number of nitrogens with two attached hydrogens (primary N) is 1. The average molecular weight is 263 g/mol. The summed E-state index contributed by atoms with van der Waals surface area (Å²) in [5.74, 6) is 0.841. The Morgan fingerprint density at radius 2 is 2.05 bits per heavy atom. The molecule has 0 radical (unpaired) electrons. The minimum atomic E-state index is -0.928. The Bertz CT molecular complexity index is 540. The summed E-state index contributed by atoms with van der Waals surface area (Å²) in [6.45, 7) is 1.42. The fraction of sp³-hybridized carbons (Fsp3) is 0.308. The molecule has 6 heteroatoms. The van der Waals surface area contributed by atoms with Crippen LogP contribution in [-0.4, -0.2) is 39.3 Å². The van der Waals surface area contributed by atoms with Crippen LogP contribution in [0, 0.1) is 6.92 Å². The first-order valence-electron chi connectivity index (χ1n) is 5.95. The van der Waals surface area contributed by atoms with Gasteiger partial charge in [-0.1, -0.05) is 18.2 Å². The van der Waals surface area contributed by atoms with Gasteiger partial charge in [0, 0.05) is 0 Å². The van der Waals surface area contributed by atoms with E-state index in [1.165, 1.54) is 0 Å². The lowest BCUT2D eigenvalue weighted by Gasteiger charge is -2.07. The molecule has 0 aliphatic rings. The molecule has 4 N–H and O–H groups in total. The van der Waals surface area contributed by atoms with Gasteiger partial charge in [0.05, 0.1) is 17.9 Å². The minimum Gasteiger partial charge on any atom is -0.474 e. The first kappa shape index (κ1) is 13.4. The largest absolute Gasteiger partial charge is 0.474 e. The number of anilines is 1. The third-order valence-electron chi connectivity index (χ3n) is 2.75. The second kappa shape index (κ2) is 5.73. The van der Waals surface area contributed by atoms with Crippen LogP contribution in [0.15, 0.2) is 30.3 Å². The van der Waals surface area contributed by atoms with Gasteiger partial charge in [0.25, 0.3) is 0 Å². The molecule has 0 aliphatic carbocycles. The molecule has 1 aromatic heterocycles. The van der Waals surface area contributed by atoms with Crippen LogP contribution in [0.3, 0.4) is 0 Å². The fourth-order valence-electron chi connectivity index (χ4n) is 1.62. The van der Waals surface area contributed by atoms with E-state index in [4.69, 9.17) is 15.6 Å². The van der Waals surface area contributed by atoms with E-state index in [1.807, 2.05) is 30.3 Å². The van der Waals surface area contributed by atoms with Crippen molar-refractivity contribution < 1.29 is 14.9 Å². The van der Waals surface area contributed by atoms with Crippen LogP contribution in [-0.2, 0) is 0 Å². The van der Waals surface area contributed by atoms with Crippen LogP contribution in [0.2, 0.25) is 0 Å². The van der Waals surface area contributed by atoms with Crippen LogP contribution in [0.4, 0.5) is 5.82 Å². The Morgan fingerprint density at radius 3 is 2.68 bits per heavy atom. The molecule has 0 spiro atoms. The topological polar surface area (TPSA) is 93.5 Å². The number of hydrogen-bond acceptors (Lipinski definition) is 5. The molecule has 19 heavy (non-hydrogen) atoms. The van der Waals surface area contributed by atoms with Gasteiger partial charge >= 0.3 is 0 Å². The van der Waals surface area contributed by atoms with Crippen molar-refractivity contribution in [3.05, 3.63) is 35.9 Å². The maximum Gasteiger partial charge on any atom is 0.238 e. The number of para-hydroxylation sites is 1. The molecular weight excluding hydrogens is 246 g/mol. The van der Waals surface area contributed by atoms with Crippen LogP contribution < -0.4 is 10.5 Å². The van der Waals surface area contributed by atoms with Crippen molar-refractivity contribution in [3.8, 4) is 11.6 Å². The van der Waals surface area contributed by atoms with E-state index < -0.39 is 6.10 Å². The van der Waals surface area contributed by atoms with E-state index >= 15 is 0 Å². The minimum absolute atomic E-state index is 0.0252. The Balaban J connectivity index is 2.24. The van der Waals surface area contributed by atoms with E-state index in [2.05, 4.69) is 5.10 Å². The standard InChI is InChI=1S/C13H17N3O3/c1-9-12(14)16(10-5-3-2-4-6-10)15-13(9)19-8-11(18)7-17/h2-6,11,17-18H,7-8,14H2,1H3/t11-/m0/s1. The second-order valence-electron chi connectivity index (χ2n) is 4.21. The summed E-state index contributed by atoms with van der Waals surface area (Å²) >= 11 is 0. The summed E-state index contributed by atoms with van der Waals surface area (Å²) in [5.41, 5.74) is 7.52. The molecule has 0 bridgehead atoms. The number of aliphatic hydroxyl groups is 2. The number of nitrogens with zero attached hydrogens (tertiary/aromatic N) is 2. The molecule has 6 nitrogen and oxygen atoms in total. The van der Waals surface area contributed by atoms with E-state index in [0.29, 0.717) is 17.3 Å². The third-order valence-corrected chi connectivity index (χ3v) is 2.75. The zero-order valence-electron chi connectivity index (χ0n) is 10.7. The van der Waals surface area contributed by atoms with Crippen molar-refractivity contribution in [3.63, 3.8) is 0 Å². The molecule has 0 aliphatic heterocycles. The highest BCUT2D eigenvalue weighted by atomic mass is 16.5. The van der Waals surface area contributed by atoms with Gasteiger partial charge in [0.2, 0.25) is 5.88 Å². The summed E-state index contributed by atoms with van der Waals surface area (Å²) in [6.07, 6.45) is -0.928. The lowest BCUT2D eigenvalue weighted by molar-refractivity contribution is 0.0518. The van der Waals surface area contributed by atoms with Crippen LogP contribution >= 0.6 is 0 Å². The Hall–Kier alpha value is -2.05. The highest BCUT2D eigenvalue weighted by molar-refractivity contribution is 5.51. The van der Waals surface area contributed by atoms with E-state index in [0.717, 1.165) is 5.69 Å². The van der Waals surface area contributed by atoms with Gasteiger partial charge in [0.15, 0.2) is 0 Å². The predicted molar refractivity (Wildman–Crippen MR) is 71.3 cm³/mol. The van der Waals surface area contributed by atoms with Crippen LogP contribution in [0.1, 0.15) is 5.56 Å². The lowest BCUT2D eigenvalue weighted by Crippen LogP contribution is -2.21. The predicted octanol–water partition coefficient (Wildman–Crippen LogP) is 0.495. The molecule has 0 saturated heterocycles. The fourth-order valence-corrected chi connectivity index (χ4v) is 1.62. The highest BCUT2D eigenvalue weighted by Gasteiger charge is 2.15. The second-order valence-corrected chi connectivity index (χ2v) is 4.21. The molecule has 102 valence electrons. The van der Waals surface area contributed by atoms with Gasteiger partial charge in [-0.3, -0.25) is 0 Å². The molecule has 2 aromatic rings. The van der Waals surface area contributed by atoms with E-state index in [1.54, 1.807) is 11.6 Å². The Kier molecular flexibility index (Phi) is 4.03. The van der Waals surface area contributed by atoms with Gasteiger partial charge < -0.3 is 20.7 Å². The first-order chi connectivity index (χ1) is 9.13. The van der Waals surface area contributed by atoms with Crippen LogP contribution in [0.25, 0.3) is 5.69 Å². The number of nitrogen functional groups attached to an aromatic ring is 1. The number of benzene rings is 1. The zero-order valence-corrected chi connectivity index (χ0v) is 10.7. The Morgan fingerprint density at radius 1 is 1.37 bits per heavy atom. The summed E-state index contributed by atoms with van der Waals surface area (Å²) in [6, 6.07) is 9.46. The zero-order chi connectivity index (χ0) is 13.8. The number of aliphatic hydroxyl groups excluding tert-OH is 2. The van der Waals surface area contributed by atoms with Gasteiger partial charge in [-0.2, -0.15) is 0 Å². The lowest BCUT2D eigenvalue weighted by atomic mass is 10.3. The molecule has 2 rings (SSSR count). The van der Waals surface area contributed by atoms with Crippen molar-refractivity contribution in [2.24, 2.45) is 0 Å². The summed E-state index contributed by atoms with van der Waals surface area (Å²) < 4.78 is 6.93.